The molecule has 0 spiro atoms. The summed E-state index contributed by atoms with van der Waals surface area (Å²) in [5, 5.41) is 0. The molecular formula is C12H19N3O. The molecule has 0 amide bonds. The van der Waals surface area contributed by atoms with E-state index in [1.807, 2.05) is 12.3 Å². The summed E-state index contributed by atoms with van der Waals surface area (Å²) < 4.78 is 5.62. The Morgan fingerprint density at radius 1 is 1.56 bits per heavy atom. The molecule has 88 valence electrons. The molecular weight excluding hydrogens is 202 g/mol. The zero-order valence-corrected chi connectivity index (χ0v) is 9.89. The van der Waals surface area contributed by atoms with E-state index in [1.165, 1.54) is 5.69 Å². The lowest BCUT2D eigenvalue weighted by atomic mass is 10.1. The first kappa shape index (κ1) is 11.4. The standard InChI is InChI=1S/C12H19N3O/c1-9-8-16-10(2)7-15(9)12-3-4-14-11(5-12)6-13/h3-5,9-10H,6-8,13H2,1-2H3. The lowest BCUT2D eigenvalue weighted by Gasteiger charge is -2.38. The molecule has 0 radical (unpaired) electrons. The number of nitrogens with two attached hydrogens (primary N) is 1. The molecule has 1 aliphatic heterocycles. The molecule has 16 heavy (non-hydrogen) atoms. The van der Waals surface area contributed by atoms with Crippen molar-refractivity contribution in [2.45, 2.75) is 32.5 Å². The highest BCUT2D eigenvalue weighted by atomic mass is 16.5. The van der Waals surface area contributed by atoms with Gasteiger partial charge in [-0.2, -0.15) is 0 Å². The van der Waals surface area contributed by atoms with Crippen molar-refractivity contribution in [3.63, 3.8) is 0 Å². The molecule has 0 bridgehead atoms. The third kappa shape index (κ3) is 2.33. The topological polar surface area (TPSA) is 51.4 Å². The molecule has 2 rings (SSSR count). The van der Waals surface area contributed by atoms with Gasteiger partial charge in [-0.1, -0.05) is 0 Å². The van der Waals surface area contributed by atoms with Crippen LogP contribution in [-0.2, 0) is 11.3 Å². The first-order valence-electron chi connectivity index (χ1n) is 5.74. The summed E-state index contributed by atoms with van der Waals surface area (Å²) in [5.74, 6) is 0. The smallest absolute Gasteiger partial charge is 0.0723 e. The van der Waals surface area contributed by atoms with Crippen LogP contribution in [0.25, 0.3) is 0 Å². The Morgan fingerprint density at radius 2 is 2.38 bits per heavy atom. The highest BCUT2D eigenvalue weighted by Gasteiger charge is 2.23. The maximum Gasteiger partial charge on any atom is 0.0723 e. The predicted molar refractivity (Wildman–Crippen MR) is 64.4 cm³/mol. The van der Waals surface area contributed by atoms with Crippen LogP contribution < -0.4 is 10.6 Å². The average Bonchev–Trinajstić information content (AvgIpc) is 2.32. The van der Waals surface area contributed by atoms with Crippen LogP contribution in [0.5, 0.6) is 0 Å². The van der Waals surface area contributed by atoms with Crippen molar-refractivity contribution in [2.75, 3.05) is 18.1 Å². The van der Waals surface area contributed by atoms with Gasteiger partial charge in [-0.05, 0) is 26.0 Å². The number of pyridine rings is 1. The third-order valence-electron chi connectivity index (χ3n) is 2.95. The summed E-state index contributed by atoms with van der Waals surface area (Å²) in [5.41, 5.74) is 7.73. The van der Waals surface area contributed by atoms with Crippen LogP contribution in [0.4, 0.5) is 5.69 Å². The van der Waals surface area contributed by atoms with E-state index in [9.17, 15) is 0 Å². The second kappa shape index (κ2) is 4.80. The van der Waals surface area contributed by atoms with Gasteiger partial charge in [0.2, 0.25) is 0 Å². The van der Waals surface area contributed by atoms with E-state index in [-0.39, 0.29) is 6.10 Å². The second-order valence-corrected chi connectivity index (χ2v) is 4.35. The van der Waals surface area contributed by atoms with Crippen molar-refractivity contribution in [1.82, 2.24) is 4.98 Å². The fourth-order valence-electron chi connectivity index (χ4n) is 2.02. The fourth-order valence-corrected chi connectivity index (χ4v) is 2.02. The second-order valence-electron chi connectivity index (χ2n) is 4.35. The first-order chi connectivity index (χ1) is 7.70. The number of hydrogen-bond acceptors (Lipinski definition) is 4. The maximum atomic E-state index is 5.62. The Hall–Kier alpha value is -1.13. The van der Waals surface area contributed by atoms with Crippen molar-refractivity contribution < 1.29 is 4.74 Å². The molecule has 0 aromatic carbocycles. The number of anilines is 1. The molecule has 1 aliphatic rings. The van der Waals surface area contributed by atoms with Crippen molar-refractivity contribution in [3.8, 4) is 0 Å². The van der Waals surface area contributed by atoms with Crippen LogP contribution in [0.15, 0.2) is 18.3 Å². The largest absolute Gasteiger partial charge is 0.375 e. The minimum atomic E-state index is 0.283. The third-order valence-corrected chi connectivity index (χ3v) is 2.95. The van der Waals surface area contributed by atoms with Gasteiger partial charge in [0.05, 0.1) is 18.4 Å². The van der Waals surface area contributed by atoms with Crippen LogP contribution in [0.3, 0.4) is 0 Å². The normalized spacial score (nSPS) is 25.8. The lowest BCUT2D eigenvalue weighted by Crippen LogP contribution is -2.47. The molecule has 2 unspecified atom stereocenters. The summed E-state index contributed by atoms with van der Waals surface area (Å²) in [6, 6.07) is 4.51. The highest BCUT2D eigenvalue weighted by molar-refractivity contribution is 5.48. The van der Waals surface area contributed by atoms with E-state index < -0.39 is 0 Å². The summed E-state index contributed by atoms with van der Waals surface area (Å²) in [4.78, 5) is 6.57. The molecule has 1 aromatic heterocycles. The van der Waals surface area contributed by atoms with E-state index in [0.29, 0.717) is 12.6 Å². The summed E-state index contributed by atoms with van der Waals surface area (Å²) >= 11 is 0. The number of morpholine rings is 1. The van der Waals surface area contributed by atoms with Crippen molar-refractivity contribution in [1.29, 1.82) is 0 Å². The zero-order valence-electron chi connectivity index (χ0n) is 9.89. The van der Waals surface area contributed by atoms with E-state index in [0.717, 1.165) is 18.8 Å². The van der Waals surface area contributed by atoms with E-state index >= 15 is 0 Å². The Labute approximate surface area is 96.4 Å². The van der Waals surface area contributed by atoms with Crippen LogP contribution in [0.2, 0.25) is 0 Å². The van der Waals surface area contributed by atoms with Crippen LogP contribution in [0.1, 0.15) is 19.5 Å². The van der Waals surface area contributed by atoms with Gasteiger partial charge in [-0.15, -0.1) is 0 Å². The van der Waals surface area contributed by atoms with Gasteiger partial charge in [0.1, 0.15) is 0 Å². The van der Waals surface area contributed by atoms with Gasteiger partial charge in [0, 0.05) is 31.0 Å². The molecule has 2 heterocycles. The van der Waals surface area contributed by atoms with Crippen LogP contribution in [-0.4, -0.2) is 30.3 Å². The fraction of sp³-hybridized carbons (Fsp3) is 0.583. The van der Waals surface area contributed by atoms with Gasteiger partial charge in [-0.25, -0.2) is 0 Å². The first-order valence-corrected chi connectivity index (χ1v) is 5.74. The summed E-state index contributed by atoms with van der Waals surface area (Å²) in [6.07, 6.45) is 2.11. The summed E-state index contributed by atoms with van der Waals surface area (Å²) in [7, 11) is 0. The molecule has 4 nitrogen and oxygen atoms in total. The Morgan fingerprint density at radius 3 is 3.12 bits per heavy atom. The SMILES string of the molecule is CC1CN(c2ccnc(CN)c2)C(C)CO1. The molecule has 1 fully saturated rings. The molecule has 2 N–H and O–H groups in total. The van der Waals surface area contributed by atoms with Crippen LogP contribution in [0, 0.1) is 0 Å². The minimum Gasteiger partial charge on any atom is -0.375 e. The number of aromatic nitrogens is 1. The van der Waals surface area contributed by atoms with Crippen molar-refractivity contribution in [2.24, 2.45) is 5.73 Å². The Kier molecular flexibility index (Phi) is 3.41. The van der Waals surface area contributed by atoms with Crippen molar-refractivity contribution in [3.05, 3.63) is 24.0 Å². The Bertz CT molecular complexity index is 356. The number of rotatable bonds is 2. The van der Waals surface area contributed by atoms with E-state index in [4.69, 9.17) is 10.5 Å². The Balaban J connectivity index is 2.20. The molecule has 4 heteroatoms. The zero-order chi connectivity index (χ0) is 11.5. The lowest BCUT2D eigenvalue weighted by molar-refractivity contribution is 0.0343. The maximum absolute atomic E-state index is 5.62. The minimum absolute atomic E-state index is 0.283. The number of hydrogen-bond donors (Lipinski definition) is 1. The van der Waals surface area contributed by atoms with E-state index in [2.05, 4.69) is 29.8 Å². The number of ether oxygens (including phenoxy) is 1. The van der Waals surface area contributed by atoms with Gasteiger partial charge >= 0.3 is 0 Å². The van der Waals surface area contributed by atoms with Gasteiger partial charge in [0.25, 0.3) is 0 Å². The molecule has 0 saturated carbocycles. The highest BCUT2D eigenvalue weighted by Crippen LogP contribution is 2.21. The van der Waals surface area contributed by atoms with Crippen molar-refractivity contribution >= 4 is 5.69 Å². The van der Waals surface area contributed by atoms with Crippen LogP contribution >= 0.6 is 0 Å². The average molecular weight is 221 g/mol. The summed E-state index contributed by atoms with van der Waals surface area (Å²) in [6.45, 7) is 6.47. The predicted octanol–water partition coefficient (Wildman–Crippen LogP) is 1.15. The quantitative estimate of drug-likeness (QED) is 0.814. The number of nitrogens with zero attached hydrogens (tertiary/aromatic N) is 2. The van der Waals surface area contributed by atoms with E-state index in [1.54, 1.807) is 0 Å². The molecule has 1 aromatic rings. The van der Waals surface area contributed by atoms with Gasteiger partial charge in [-0.3, -0.25) is 4.98 Å². The monoisotopic (exact) mass is 221 g/mol. The molecule has 1 saturated heterocycles. The molecule has 0 aliphatic carbocycles. The van der Waals surface area contributed by atoms with Gasteiger partial charge in [0.15, 0.2) is 0 Å². The molecule has 2 atom stereocenters. The van der Waals surface area contributed by atoms with Gasteiger partial charge < -0.3 is 15.4 Å².